The van der Waals surface area contributed by atoms with Gasteiger partial charge in [0.1, 0.15) is 0 Å². The van der Waals surface area contributed by atoms with E-state index in [1.165, 1.54) is 22.2 Å². The van der Waals surface area contributed by atoms with Gasteiger partial charge in [-0.2, -0.15) is 0 Å². The zero-order chi connectivity index (χ0) is 11.5. The molecule has 1 N–H and O–H groups in total. The highest BCUT2D eigenvalue weighted by Crippen LogP contribution is 2.23. The minimum absolute atomic E-state index is 0.957. The van der Waals surface area contributed by atoms with Gasteiger partial charge in [0.25, 0.3) is 0 Å². The van der Waals surface area contributed by atoms with E-state index in [9.17, 15) is 0 Å². The SMILES string of the molecule is CCNCc1cc2c(C)cccc2n1CC. The van der Waals surface area contributed by atoms with E-state index in [-0.39, 0.29) is 0 Å². The summed E-state index contributed by atoms with van der Waals surface area (Å²) in [5.41, 5.74) is 4.10. The first-order valence-electron chi connectivity index (χ1n) is 6.06. The number of hydrogen-bond donors (Lipinski definition) is 1. The standard InChI is InChI=1S/C14H20N2/c1-4-15-10-12-9-13-11(3)7-6-8-14(13)16(12)5-2/h6-9,15H,4-5,10H2,1-3H3. The Morgan fingerprint density at radius 1 is 1.25 bits per heavy atom. The van der Waals surface area contributed by atoms with Crippen LogP contribution in [0.3, 0.4) is 0 Å². The Hall–Kier alpha value is -1.28. The van der Waals surface area contributed by atoms with Crippen LogP contribution in [-0.2, 0) is 13.1 Å². The van der Waals surface area contributed by atoms with Crippen molar-refractivity contribution in [2.24, 2.45) is 0 Å². The molecule has 2 rings (SSSR count). The first-order valence-corrected chi connectivity index (χ1v) is 6.06. The fourth-order valence-corrected chi connectivity index (χ4v) is 2.26. The molecular weight excluding hydrogens is 196 g/mol. The molecule has 0 spiro atoms. The summed E-state index contributed by atoms with van der Waals surface area (Å²) >= 11 is 0. The molecule has 0 amide bonds. The molecule has 0 saturated carbocycles. The molecular formula is C14H20N2. The summed E-state index contributed by atoms with van der Waals surface area (Å²) in [4.78, 5) is 0. The second kappa shape index (κ2) is 4.71. The van der Waals surface area contributed by atoms with Gasteiger partial charge in [-0.25, -0.2) is 0 Å². The second-order valence-corrected chi connectivity index (χ2v) is 4.17. The number of aromatic nitrogens is 1. The summed E-state index contributed by atoms with van der Waals surface area (Å²) in [5.74, 6) is 0. The molecule has 1 aromatic carbocycles. The average molecular weight is 216 g/mol. The largest absolute Gasteiger partial charge is 0.344 e. The molecule has 1 heterocycles. The average Bonchev–Trinajstić information content (AvgIpc) is 2.65. The van der Waals surface area contributed by atoms with Gasteiger partial charge in [-0.1, -0.05) is 19.1 Å². The van der Waals surface area contributed by atoms with Crippen LogP contribution in [0.1, 0.15) is 25.1 Å². The lowest BCUT2D eigenvalue weighted by molar-refractivity contribution is 0.656. The Labute approximate surface area is 97.3 Å². The van der Waals surface area contributed by atoms with Gasteiger partial charge < -0.3 is 9.88 Å². The fourth-order valence-electron chi connectivity index (χ4n) is 2.26. The molecule has 86 valence electrons. The normalized spacial score (nSPS) is 11.2. The molecule has 0 aliphatic rings. The van der Waals surface area contributed by atoms with E-state index in [1.807, 2.05) is 0 Å². The first-order chi connectivity index (χ1) is 7.77. The minimum atomic E-state index is 0.957. The van der Waals surface area contributed by atoms with Crippen molar-refractivity contribution in [3.8, 4) is 0 Å². The highest BCUT2D eigenvalue weighted by molar-refractivity contribution is 5.84. The van der Waals surface area contributed by atoms with Gasteiger partial charge in [0.15, 0.2) is 0 Å². The molecule has 0 radical (unpaired) electrons. The molecule has 2 heteroatoms. The number of benzene rings is 1. The molecule has 0 saturated heterocycles. The third-order valence-corrected chi connectivity index (χ3v) is 3.12. The van der Waals surface area contributed by atoms with Crippen LogP contribution in [-0.4, -0.2) is 11.1 Å². The molecule has 0 unspecified atom stereocenters. The lowest BCUT2D eigenvalue weighted by Crippen LogP contribution is -2.14. The fraction of sp³-hybridized carbons (Fsp3) is 0.429. The number of aryl methyl sites for hydroxylation is 2. The van der Waals surface area contributed by atoms with Gasteiger partial charge >= 0.3 is 0 Å². The zero-order valence-corrected chi connectivity index (χ0v) is 10.4. The van der Waals surface area contributed by atoms with Crippen molar-refractivity contribution < 1.29 is 0 Å². The van der Waals surface area contributed by atoms with Gasteiger partial charge in [-0.15, -0.1) is 0 Å². The summed E-state index contributed by atoms with van der Waals surface area (Å²) < 4.78 is 2.39. The smallest absolute Gasteiger partial charge is 0.0485 e. The molecule has 2 aromatic rings. The molecule has 1 aromatic heterocycles. The van der Waals surface area contributed by atoms with Crippen molar-refractivity contribution in [3.05, 3.63) is 35.5 Å². The third-order valence-electron chi connectivity index (χ3n) is 3.12. The van der Waals surface area contributed by atoms with E-state index in [0.29, 0.717) is 0 Å². The van der Waals surface area contributed by atoms with Crippen LogP contribution in [0, 0.1) is 6.92 Å². The van der Waals surface area contributed by atoms with Crippen LogP contribution in [0.4, 0.5) is 0 Å². The molecule has 0 bridgehead atoms. The number of hydrogen-bond acceptors (Lipinski definition) is 1. The maximum absolute atomic E-state index is 3.40. The summed E-state index contributed by atoms with van der Waals surface area (Å²) in [6, 6.07) is 8.85. The molecule has 0 aliphatic carbocycles. The van der Waals surface area contributed by atoms with Crippen molar-refractivity contribution in [2.75, 3.05) is 6.54 Å². The number of nitrogens with zero attached hydrogens (tertiary/aromatic N) is 1. The Morgan fingerprint density at radius 2 is 2.06 bits per heavy atom. The van der Waals surface area contributed by atoms with Gasteiger partial charge in [0.05, 0.1) is 0 Å². The second-order valence-electron chi connectivity index (χ2n) is 4.17. The predicted molar refractivity (Wildman–Crippen MR) is 69.7 cm³/mol. The Bertz CT molecular complexity index is 483. The number of fused-ring (bicyclic) bond motifs is 1. The first kappa shape index (κ1) is 11.2. The van der Waals surface area contributed by atoms with E-state index in [0.717, 1.165) is 19.6 Å². The summed E-state index contributed by atoms with van der Waals surface area (Å²) in [6.07, 6.45) is 0. The molecule has 16 heavy (non-hydrogen) atoms. The minimum Gasteiger partial charge on any atom is -0.344 e. The Balaban J connectivity index is 2.52. The molecule has 0 atom stereocenters. The van der Waals surface area contributed by atoms with E-state index < -0.39 is 0 Å². The lowest BCUT2D eigenvalue weighted by Gasteiger charge is -2.08. The third kappa shape index (κ3) is 1.85. The van der Waals surface area contributed by atoms with Crippen LogP contribution in [0.2, 0.25) is 0 Å². The number of nitrogens with one attached hydrogen (secondary N) is 1. The highest BCUT2D eigenvalue weighted by atomic mass is 15.0. The maximum Gasteiger partial charge on any atom is 0.0485 e. The van der Waals surface area contributed by atoms with Gasteiger partial charge in [0.2, 0.25) is 0 Å². The van der Waals surface area contributed by atoms with E-state index >= 15 is 0 Å². The predicted octanol–water partition coefficient (Wildman–Crippen LogP) is 3.08. The van der Waals surface area contributed by atoms with Gasteiger partial charge in [0, 0.05) is 29.7 Å². The lowest BCUT2D eigenvalue weighted by atomic mass is 10.1. The quantitative estimate of drug-likeness (QED) is 0.831. The topological polar surface area (TPSA) is 17.0 Å². The summed E-state index contributed by atoms with van der Waals surface area (Å²) in [5, 5.41) is 4.79. The van der Waals surface area contributed by atoms with Crippen LogP contribution in [0.5, 0.6) is 0 Å². The van der Waals surface area contributed by atoms with Gasteiger partial charge in [-0.3, -0.25) is 0 Å². The monoisotopic (exact) mass is 216 g/mol. The van der Waals surface area contributed by atoms with Crippen molar-refractivity contribution >= 4 is 10.9 Å². The van der Waals surface area contributed by atoms with Crippen molar-refractivity contribution in [1.82, 2.24) is 9.88 Å². The Kier molecular flexibility index (Phi) is 3.30. The van der Waals surface area contributed by atoms with Crippen LogP contribution in [0.25, 0.3) is 10.9 Å². The van der Waals surface area contributed by atoms with E-state index in [4.69, 9.17) is 0 Å². The van der Waals surface area contributed by atoms with Crippen molar-refractivity contribution in [2.45, 2.75) is 33.9 Å². The molecule has 0 aliphatic heterocycles. The number of rotatable bonds is 4. The summed E-state index contributed by atoms with van der Waals surface area (Å²) in [7, 11) is 0. The van der Waals surface area contributed by atoms with Crippen LogP contribution < -0.4 is 5.32 Å². The van der Waals surface area contributed by atoms with E-state index in [2.05, 4.69) is 54.9 Å². The Morgan fingerprint density at radius 3 is 2.75 bits per heavy atom. The zero-order valence-electron chi connectivity index (χ0n) is 10.4. The van der Waals surface area contributed by atoms with Crippen molar-refractivity contribution in [1.29, 1.82) is 0 Å². The van der Waals surface area contributed by atoms with Crippen LogP contribution >= 0.6 is 0 Å². The molecule has 0 fully saturated rings. The highest BCUT2D eigenvalue weighted by Gasteiger charge is 2.07. The van der Waals surface area contributed by atoms with Crippen LogP contribution in [0.15, 0.2) is 24.3 Å². The maximum atomic E-state index is 3.40. The van der Waals surface area contributed by atoms with Crippen molar-refractivity contribution in [3.63, 3.8) is 0 Å². The summed E-state index contributed by atoms with van der Waals surface area (Å²) in [6.45, 7) is 9.54. The molecule has 2 nitrogen and oxygen atoms in total. The van der Waals surface area contributed by atoms with E-state index in [1.54, 1.807) is 0 Å². The van der Waals surface area contributed by atoms with Gasteiger partial charge in [-0.05, 0) is 38.1 Å².